The standard InChI is InChI=1S/C22H11F5N6O2/c23-12-2-1-3-13(24)18(12)19(34)32-16-9-30-17(10-29-16)33-15-5-4-11(20-28-6-7-35-20)8-14(15)31-21(33)22(25,26)27/h1-10H,(H,29,32,34). The molecule has 2 aromatic carbocycles. The Morgan fingerprint density at radius 3 is 2.40 bits per heavy atom. The zero-order valence-electron chi connectivity index (χ0n) is 17.2. The number of fused-ring (bicyclic) bond motifs is 1. The third-order valence-electron chi connectivity index (χ3n) is 4.89. The summed E-state index contributed by atoms with van der Waals surface area (Å²) in [5.41, 5.74) is -0.333. The number of nitrogens with zero attached hydrogens (tertiary/aromatic N) is 5. The molecule has 0 atom stereocenters. The Kier molecular flexibility index (Phi) is 5.23. The number of oxazole rings is 1. The maximum atomic E-state index is 13.8. The van der Waals surface area contributed by atoms with Gasteiger partial charge in [-0.3, -0.25) is 9.36 Å². The first-order chi connectivity index (χ1) is 16.7. The van der Waals surface area contributed by atoms with Crippen LogP contribution < -0.4 is 5.32 Å². The lowest BCUT2D eigenvalue weighted by atomic mass is 10.2. The molecule has 35 heavy (non-hydrogen) atoms. The second-order valence-corrected chi connectivity index (χ2v) is 7.12. The minimum atomic E-state index is -4.83. The Hall–Kier alpha value is -4.68. The fourth-order valence-corrected chi connectivity index (χ4v) is 3.40. The van der Waals surface area contributed by atoms with Crippen molar-refractivity contribution in [2.24, 2.45) is 0 Å². The predicted octanol–water partition coefficient (Wildman–Crippen LogP) is 5.02. The number of hydrogen-bond acceptors (Lipinski definition) is 6. The smallest absolute Gasteiger partial charge is 0.445 e. The molecule has 0 radical (unpaired) electrons. The van der Waals surface area contributed by atoms with E-state index in [2.05, 4.69) is 25.3 Å². The van der Waals surface area contributed by atoms with Crippen LogP contribution >= 0.6 is 0 Å². The lowest BCUT2D eigenvalue weighted by Gasteiger charge is -2.11. The molecule has 13 heteroatoms. The molecule has 176 valence electrons. The molecule has 8 nitrogen and oxygen atoms in total. The zero-order valence-corrected chi connectivity index (χ0v) is 17.2. The van der Waals surface area contributed by atoms with E-state index in [9.17, 15) is 26.7 Å². The molecule has 0 aliphatic heterocycles. The van der Waals surface area contributed by atoms with Crippen molar-refractivity contribution in [2.45, 2.75) is 6.18 Å². The van der Waals surface area contributed by atoms with Crippen LogP contribution in [0.5, 0.6) is 0 Å². The lowest BCUT2D eigenvalue weighted by molar-refractivity contribution is -0.145. The number of alkyl halides is 3. The fraction of sp³-hybridized carbons (Fsp3) is 0.0455. The molecule has 0 saturated carbocycles. The summed E-state index contributed by atoms with van der Waals surface area (Å²) in [6, 6.07) is 7.20. The molecule has 0 aliphatic rings. The average Bonchev–Trinajstić information content (AvgIpc) is 3.47. The molecule has 3 aromatic heterocycles. The number of anilines is 1. The first-order valence-corrected chi connectivity index (χ1v) is 9.80. The minimum absolute atomic E-state index is 0.00207. The van der Waals surface area contributed by atoms with Crippen molar-refractivity contribution in [3.05, 3.63) is 84.3 Å². The van der Waals surface area contributed by atoms with Crippen LogP contribution in [0.3, 0.4) is 0 Å². The second-order valence-electron chi connectivity index (χ2n) is 7.12. The van der Waals surface area contributed by atoms with Gasteiger partial charge < -0.3 is 9.73 Å². The van der Waals surface area contributed by atoms with Gasteiger partial charge in [-0.2, -0.15) is 13.2 Å². The first-order valence-electron chi connectivity index (χ1n) is 9.80. The first kappa shape index (κ1) is 22.1. The molecule has 0 aliphatic carbocycles. The quantitative estimate of drug-likeness (QED) is 0.358. The van der Waals surface area contributed by atoms with Gasteiger partial charge in [0.15, 0.2) is 11.6 Å². The van der Waals surface area contributed by atoms with Crippen molar-refractivity contribution >= 4 is 22.8 Å². The van der Waals surface area contributed by atoms with Crippen molar-refractivity contribution in [2.75, 3.05) is 5.32 Å². The van der Waals surface area contributed by atoms with Crippen LogP contribution in [-0.2, 0) is 6.18 Å². The molecule has 1 amide bonds. The number of amides is 1. The number of carbonyl (C=O) groups excluding carboxylic acids is 1. The zero-order chi connectivity index (χ0) is 24.7. The van der Waals surface area contributed by atoms with Crippen molar-refractivity contribution in [1.82, 2.24) is 24.5 Å². The van der Waals surface area contributed by atoms with Gasteiger partial charge in [0.25, 0.3) is 5.91 Å². The molecule has 3 heterocycles. The third-order valence-corrected chi connectivity index (χ3v) is 4.89. The molecule has 0 saturated heterocycles. The summed E-state index contributed by atoms with van der Waals surface area (Å²) in [6.07, 6.45) is -0.185. The minimum Gasteiger partial charge on any atom is -0.445 e. The number of benzene rings is 2. The van der Waals surface area contributed by atoms with Crippen molar-refractivity contribution in [3.8, 4) is 17.3 Å². The van der Waals surface area contributed by atoms with E-state index in [1.165, 1.54) is 30.7 Å². The van der Waals surface area contributed by atoms with E-state index in [-0.39, 0.29) is 28.6 Å². The van der Waals surface area contributed by atoms with Gasteiger partial charge in [-0.1, -0.05) is 6.07 Å². The number of carbonyl (C=O) groups is 1. The van der Waals surface area contributed by atoms with E-state index >= 15 is 0 Å². The molecule has 1 N–H and O–H groups in total. The lowest BCUT2D eigenvalue weighted by Crippen LogP contribution is -2.18. The van der Waals surface area contributed by atoms with Gasteiger partial charge in [-0.25, -0.2) is 28.7 Å². The maximum Gasteiger partial charge on any atom is 0.450 e. The number of halogens is 5. The predicted molar refractivity (Wildman–Crippen MR) is 111 cm³/mol. The summed E-state index contributed by atoms with van der Waals surface area (Å²) in [7, 11) is 0. The number of imidazole rings is 1. The average molecular weight is 486 g/mol. The highest BCUT2D eigenvalue weighted by atomic mass is 19.4. The van der Waals surface area contributed by atoms with E-state index < -0.39 is 35.1 Å². The van der Waals surface area contributed by atoms with E-state index in [0.29, 0.717) is 5.56 Å². The Balaban J connectivity index is 1.51. The Morgan fingerprint density at radius 1 is 1.00 bits per heavy atom. The van der Waals surface area contributed by atoms with Crippen LogP contribution in [0, 0.1) is 11.6 Å². The van der Waals surface area contributed by atoms with Gasteiger partial charge in [0.05, 0.1) is 29.6 Å². The van der Waals surface area contributed by atoms with Crippen LogP contribution in [0.4, 0.5) is 27.8 Å². The van der Waals surface area contributed by atoms with Gasteiger partial charge in [-0.05, 0) is 30.3 Å². The highest BCUT2D eigenvalue weighted by Gasteiger charge is 2.38. The summed E-state index contributed by atoms with van der Waals surface area (Å²) in [5.74, 6) is -4.83. The Morgan fingerprint density at radius 2 is 1.77 bits per heavy atom. The van der Waals surface area contributed by atoms with Gasteiger partial charge >= 0.3 is 6.18 Å². The van der Waals surface area contributed by atoms with Gasteiger partial charge in [0.1, 0.15) is 23.5 Å². The molecule has 5 aromatic rings. The van der Waals surface area contributed by atoms with Crippen molar-refractivity contribution in [3.63, 3.8) is 0 Å². The Labute approximate surface area is 192 Å². The summed E-state index contributed by atoms with van der Waals surface area (Å²) >= 11 is 0. The van der Waals surface area contributed by atoms with E-state index in [1.54, 1.807) is 0 Å². The van der Waals surface area contributed by atoms with Gasteiger partial charge in [-0.15, -0.1) is 0 Å². The second kappa shape index (κ2) is 8.27. The third kappa shape index (κ3) is 4.07. The SMILES string of the molecule is O=C(Nc1cnc(-n2c(C(F)(F)F)nc3cc(-c4ncco4)ccc32)cn1)c1c(F)cccc1F. The topological polar surface area (TPSA) is 98.7 Å². The summed E-state index contributed by atoms with van der Waals surface area (Å²) in [5, 5.41) is 2.16. The number of hydrogen-bond donors (Lipinski definition) is 1. The van der Waals surface area contributed by atoms with Crippen LogP contribution in [0.15, 0.2) is 65.7 Å². The van der Waals surface area contributed by atoms with Crippen molar-refractivity contribution < 1.29 is 31.2 Å². The van der Waals surface area contributed by atoms with Gasteiger partial charge in [0, 0.05) is 5.56 Å². The molecule has 0 fully saturated rings. The van der Waals surface area contributed by atoms with Gasteiger partial charge in [0.2, 0.25) is 11.7 Å². The molecule has 5 rings (SSSR count). The number of rotatable bonds is 4. The number of aromatic nitrogens is 5. The normalized spacial score (nSPS) is 11.7. The highest BCUT2D eigenvalue weighted by Crippen LogP contribution is 2.34. The monoisotopic (exact) mass is 486 g/mol. The molecular formula is C22H11F5N6O2. The van der Waals surface area contributed by atoms with Crippen LogP contribution in [-0.4, -0.2) is 30.4 Å². The summed E-state index contributed by atoms with van der Waals surface area (Å²) in [6.45, 7) is 0. The molecule has 0 spiro atoms. The van der Waals surface area contributed by atoms with Crippen LogP contribution in [0.1, 0.15) is 16.2 Å². The fourth-order valence-electron chi connectivity index (χ4n) is 3.40. The molecule has 0 unspecified atom stereocenters. The van der Waals surface area contributed by atoms with Crippen LogP contribution in [0.2, 0.25) is 0 Å². The van der Waals surface area contributed by atoms with E-state index in [4.69, 9.17) is 4.42 Å². The largest absolute Gasteiger partial charge is 0.450 e. The summed E-state index contributed by atoms with van der Waals surface area (Å²) < 4.78 is 74.9. The van der Waals surface area contributed by atoms with Crippen molar-refractivity contribution in [1.29, 1.82) is 0 Å². The molecule has 0 bridgehead atoms. The number of nitrogens with one attached hydrogen (secondary N) is 1. The van der Waals surface area contributed by atoms with E-state index in [0.717, 1.165) is 35.2 Å². The highest BCUT2D eigenvalue weighted by molar-refractivity contribution is 6.04. The summed E-state index contributed by atoms with van der Waals surface area (Å²) in [4.78, 5) is 27.7. The molecular weight excluding hydrogens is 475 g/mol. The van der Waals surface area contributed by atoms with Crippen LogP contribution in [0.25, 0.3) is 28.3 Å². The maximum absolute atomic E-state index is 13.8. The van der Waals surface area contributed by atoms with E-state index in [1.807, 2.05) is 0 Å². The Bertz CT molecular complexity index is 1530.